The molecule has 4 aromatic rings. The molecule has 190 valence electrons. The van der Waals surface area contributed by atoms with Crippen LogP contribution in [-0.2, 0) is 16.0 Å². The molecule has 1 aromatic heterocycles. The summed E-state index contributed by atoms with van der Waals surface area (Å²) in [6.07, 6.45) is 1.07. The fraction of sp³-hybridized carbons (Fsp3) is 0.107. The number of hydrogen-bond donors (Lipinski definition) is 0. The largest absolute Gasteiger partial charge is 0.445 e. The van der Waals surface area contributed by atoms with Gasteiger partial charge in [0.15, 0.2) is 9.84 Å². The van der Waals surface area contributed by atoms with Gasteiger partial charge in [0.2, 0.25) is 5.89 Å². The first kappa shape index (κ1) is 26.0. The second-order valence-corrected chi connectivity index (χ2v) is 10.4. The predicted molar refractivity (Wildman–Crippen MR) is 138 cm³/mol. The molecule has 0 saturated carbocycles. The molecule has 9 heteroatoms. The van der Waals surface area contributed by atoms with Gasteiger partial charge >= 0.3 is 6.18 Å². The number of aromatic nitrogens is 1. The number of halogens is 3. The molecular formula is C28H23F3N2O3S. The number of sulfone groups is 1. The van der Waals surface area contributed by atoms with E-state index in [1.807, 2.05) is 0 Å². The van der Waals surface area contributed by atoms with Crippen molar-refractivity contribution in [2.75, 3.05) is 11.2 Å². The van der Waals surface area contributed by atoms with E-state index in [0.717, 1.165) is 17.9 Å². The monoisotopic (exact) mass is 524 g/mol. The van der Waals surface area contributed by atoms with E-state index < -0.39 is 21.6 Å². The molecule has 0 bridgehead atoms. The van der Waals surface area contributed by atoms with E-state index in [0.29, 0.717) is 22.7 Å². The van der Waals surface area contributed by atoms with Gasteiger partial charge in [-0.05, 0) is 48.4 Å². The van der Waals surface area contributed by atoms with E-state index in [9.17, 15) is 21.6 Å². The van der Waals surface area contributed by atoms with Crippen LogP contribution in [0.2, 0.25) is 0 Å². The van der Waals surface area contributed by atoms with Gasteiger partial charge in [0.05, 0.1) is 16.7 Å². The highest BCUT2D eigenvalue weighted by Gasteiger charge is 2.34. The number of benzene rings is 3. The Bertz CT molecular complexity index is 1560. The Balaban J connectivity index is 1.78. The summed E-state index contributed by atoms with van der Waals surface area (Å²) in [5.41, 5.74) is 1.76. The zero-order valence-electron chi connectivity index (χ0n) is 20.0. The van der Waals surface area contributed by atoms with E-state index in [-0.39, 0.29) is 16.2 Å². The summed E-state index contributed by atoms with van der Waals surface area (Å²) in [7, 11) is -3.38. The van der Waals surface area contributed by atoms with Crippen LogP contribution in [-0.4, -0.2) is 19.7 Å². The molecule has 5 nitrogen and oxygen atoms in total. The number of rotatable bonds is 7. The van der Waals surface area contributed by atoms with Crippen molar-refractivity contribution >= 4 is 26.8 Å². The van der Waals surface area contributed by atoms with E-state index in [1.165, 1.54) is 36.7 Å². The third kappa shape index (κ3) is 5.83. The van der Waals surface area contributed by atoms with Crippen molar-refractivity contribution in [2.45, 2.75) is 18.0 Å². The quantitative estimate of drug-likeness (QED) is 0.254. The first-order valence-electron chi connectivity index (χ1n) is 11.1. The number of allylic oxidation sites excluding steroid dienone is 1. The molecule has 0 saturated heterocycles. The summed E-state index contributed by atoms with van der Waals surface area (Å²) in [4.78, 5) is 5.85. The van der Waals surface area contributed by atoms with Crippen LogP contribution in [0.1, 0.15) is 23.9 Å². The minimum absolute atomic E-state index is 0.0728. The second kappa shape index (κ2) is 10.1. The molecule has 0 amide bonds. The van der Waals surface area contributed by atoms with Crippen molar-refractivity contribution in [2.24, 2.45) is 0 Å². The van der Waals surface area contributed by atoms with Crippen LogP contribution in [0.5, 0.6) is 0 Å². The van der Waals surface area contributed by atoms with E-state index >= 15 is 0 Å². The van der Waals surface area contributed by atoms with Crippen molar-refractivity contribution < 1.29 is 26.0 Å². The summed E-state index contributed by atoms with van der Waals surface area (Å²) in [6, 6.07) is 18.8. The molecule has 0 fully saturated rings. The molecule has 0 aliphatic heterocycles. The van der Waals surface area contributed by atoms with Crippen molar-refractivity contribution in [1.82, 2.24) is 4.98 Å². The molecule has 37 heavy (non-hydrogen) atoms. The second-order valence-electron chi connectivity index (χ2n) is 8.36. The molecule has 0 aliphatic carbocycles. The van der Waals surface area contributed by atoms with Crippen LogP contribution in [0, 0.1) is 0 Å². The minimum Gasteiger partial charge on any atom is -0.445 e. The lowest BCUT2D eigenvalue weighted by molar-refractivity contribution is -0.137. The molecule has 0 unspecified atom stereocenters. The van der Waals surface area contributed by atoms with Crippen LogP contribution >= 0.6 is 0 Å². The Hall–Kier alpha value is -4.11. The van der Waals surface area contributed by atoms with Gasteiger partial charge in [-0.2, -0.15) is 13.2 Å². The maximum atomic E-state index is 13.8. The molecule has 0 spiro atoms. The van der Waals surface area contributed by atoms with Crippen LogP contribution in [0.25, 0.3) is 22.4 Å². The highest BCUT2D eigenvalue weighted by Crippen LogP contribution is 2.38. The van der Waals surface area contributed by atoms with Crippen LogP contribution in [0.4, 0.5) is 18.9 Å². The lowest BCUT2D eigenvalue weighted by Crippen LogP contribution is -2.18. The fourth-order valence-corrected chi connectivity index (χ4v) is 4.47. The third-order valence-electron chi connectivity index (χ3n) is 5.67. The van der Waals surface area contributed by atoms with Gasteiger partial charge in [0.25, 0.3) is 0 Å². The zero-order chi connectivity index (χ0) is 26.8. The Morgan fingerprint density at radius 1 is 1.00 bits per heavy atom. The number of nitrogens with zero attached hydrogens (tertiary/aromatic N) is 2. The van der Waals surface area contributed by atoms with Crippen LogP contribution in [0.15, 0.2) is 107 Å². The molecule has 0 atom stereocenters. The Morgan fingerprint density at radius 3 is 2.32 bits per heavy atom. The van der Waals surface area contributed by atoms with E-state index in [4.69, 9.17) is 4.42 Å². The number of hydrogen-bond acceptors (Lipinski definition) is 5. The van der Waals surface area contributed by atoms with Gasteiger partial charge in [-0.3, -0.25) is 0 Å². The molecule has 0 N–H and O–H groups in total. The number of anilines is 1. The topological polar surface area (TPSA) is 63.4 Å². The summed E-state index contributed by atoms with van der Waals surface area (Å²) >= 11 is 0. The molecule has 0 radical (unpaired) electrons. The summed E-state index contributed by atoms with van der Waals surface area (Å²) in [6.45, 7) is 5.72. The SMILES string of the molecule is C=C(c1ccccc1C(F)(F)F)N(/C=C(\C)c1ncco1)c1ccc(-c2cccc(S(C)(=O)=O)c2)cc1. The third-order valence-corrected chi connectivity index (χ3v) is 6.78. The zero-order valence-corrected chi connectivity index (χ0v) is 20.8. The van der Waals surface area contributed by atoms with Crippen LogP contribution in [0.3, 0.4) is 0 Å². The molecule has 1 heterocycles. The number of alkyl halides is 3. The average molecular weight is 525 g/mol. The average Bonchev–Trinajstić information content (AvgIpc) is 3.41. The van der Waals surface area contributed by atoms with Gasteiger partial charge in [0.1, 0.15) is 6.26 Å². The predicted octanol–water partition coefficient (Wildman–Crippen LogP) is 7.30. The Labute approximate surface area is 213 Å². The molecule has 0 aliphatic rings. The van der Waals surface area contributed by atoms with E-state index in [2.05, 4.69) is 11.6 Å². The molecule has 3 aromatic carbocycles. The van der Waals surface area contributed by atoms with Gasteiger partial charge < -0.3 is 9.32 Å². The van der Waals surface area contributed by atoms with Crippen LogP contribution < -0.4 is 4.90 Å². The molecular weight excluding hydrogens is 501 g/mol. The minimum atomic E-state index is -4.57. The summed E-state index contributed by atoms with van der Waals surface area (Å²) in [5.74, 6) is 0.316. The van der Waals surface area contributed by atoms with Gasteiger partial charge in [-0.15, -0.1) is 0 Å². The van der Waals surface area contributed by atoms with Gasteiger partial charge in [-0.1, -0.05) is 49.0 Å². The van der Waals surface area contributed by atoms with Gasteiger partial charge in [0, 0.05) is 35.0 Å². The maximum Gasteiger partial charge on any atom is 0.417 e. The Morgan fingerprint density at radius 2 is 1.70 bits per heavy atom. The summed E-state index contributed by atoms with van der Waals surface area (Å²) < 4.78 is 70.6. The summed E-state index contributed by atoms with van der Waals surface area (Å²) in [5, 5.41) is 0. The fourth-order valence-electron chi connectivity index (χ4n) is 3.81. The first-order chi connectivity index (χ1) is 17.4. The standard InChI is InChI=1S/C28H23F3N2O3S/c1-19(27-32-15-16-36-27)18-33(20(2)25-9-4-5-10-26(25)28(29,30)31)23-13-11-21(12-14-23)22-7-6-8-24(17-22)37(3,34)35/h4-18H,2H2,1,3H3/b19-18+. The van der Waals surface area contributed by atoms with Crippen molar-refractivity contribution in [3.63, 3.8) is 0 Å². The van der Waals surface area contributed by atoms with Crippen molar-refractivity contribution in [3.8, 4) is 11.1 Å². The maximum absolute atomic E-state index is 13.8. The normalized spacial score (nSPS) is 12.4. The first-order valence-corrected chi connectivity index (χ1v) is 13.0. The van der Waals surface area contributed by atoms with Crippen molar-refractivity contribution in [1.29, 1.82) is 0 Å². The highest BCUT2D eigenvalue weighted by molar-refractivity contribution is 7.90. The van der Waals surface area contributed by atoms with Crippen molar-refractivity contribution in [3.05, 3.63) is 115 Å². The van der Waals surface area contributed by atoms with Gasteiger partial charge in [-0.25, -0.2) is 13.4 Å². The lowest BCUT2D eigenvalue weighted by atomic mass is 10.0. The lowest BCUT2D eigenvalue weighted by Gasteiger charge is -2.26. The van der Waals surface area contributed by atoms with E-state index in [1.54, 1.807) is 60.5 Å². The Kier molecular flexibility index (Phi) is 7.09. The molecule has 4 rings (SSSR count). The highest BCUT2D eigenvalue weighted by atomic mass is 32.2. The smallest absolute Gasteiger partial charge is 0.417 e. The number of oxazole rings is 1.